The molecule has 0 rings (SSSR count). The lowest BCUT2D eigenvalue weighted by Crippen LogP contribution is -2.14. The van der Waals surface area contributed by atoms with E-state index in [1.54, 1.807) is 0 Å². The van der Waals surface area contributed by atoms with Gasteiger partial charge in [0.2, 0.25) is 0 Å². The van der Waals surface area contributed by atoms with Crippen molar-refractivity contribution in [1.82, 2.24) is 0 Å². The molecular weight excluding hydrogens is 240 g/mol. The Kier molecular flexibility index (Phi) is 15.3. The molecule has 0 saturated carbocycles. The van der Waals surface area contributed by atoms with Crippen molar-refractivity contribution in [3.05, 3.63) is 10.4 Å². The van der Waals surface area contributed by atoms with E-state index in [4.69, 9.17) is 30.2 Å². The van der Waals surface area contributed by atoms with Crippen LogP contribution in [0.15, 0.2) is 5.11 Å². The molecule has 0 bridgehead atoms. The number of nitrogens with zero attached hydrogens (tertiary/aromatic N) is 3. The Bertz CT molecular complexity index is 212. The van der Waals surface area contributed by atoms with Crippen molar-refractivity contribution >= 4 is 0 Å². The van der Waals surface area contributed by atoms with Gasteiger partial charge < -0.3 is 24.7 Å². The Morgan fingerprint density at radius 3 is 1.67 bits per heavy atom. The first-order valence-corrected chi connectivity index (χ1v) is 5.93. The summed E-state index contributed by atoms with van der Waals surface area (Å²) in [5.41, 5.74) is 13.3. The van der Waals surface area contributed by atoms with Crippen molar-refractivity contribution in [3.63, 3.8) is 0 Å². The molecule has 0 atom stereocenters. The molecule has 8 heteroatoms. The summed E-state index contributed by atoms with van der Waals surface area (Å²) in [6, 6.07) is 0. The van der Waals surface area contributed by atoms with Crippen LogP contribution in [0.1, 0.15) is 0 Å². The van der Waals surface area contributed by atoms with Crippen LogP contribution in [0.4, 0.5) is 0 Å². The number of nitrogens with two attached hydrogens (primary N) is 1. The molecule has 0 saturated heterocycles. The molecule has 0 unspecified atom stereocenters. The van der Waals surface area contributed by atoms with Gasteiger partial charge >= 0.3 is 0 Å². The van der Waals surface area contributed by atoms with E-state index in [1.165, 1.54) is 0 Å². The zero-order valence-corrected chi connectivity index (χ0v) is 10.6. The third-order valence-electron chi connectivity index (χ3n) is 1.78. The van der Waals surface area contributed by atoms with Gasteiger partial charge in [0.1, 0.15) is 0 Å². The van der Waals surface area contributed by atoms with E-state index in [9.17, 15) is 0 Å². The fourth-order valence-electron chi connectivity index (χ4n) is 0.995. The van der Waals surface area contributed by atoms with Crippen LogP contribution in [0.2, 0.25) is 0 Å². The minimum absolute atomic E-state index is 0.350. The van der Waals surface area contributed by atoms with E-state index >= 15 is 0 Å². The van der Waals surface area contributed by atoms with Crippen LogP contribution in [0, 0.1) is 0 Å². The molecule has 0 radical (unpaired) electrons. The Labute approximate surface area is 107 Å². The Hall–Kier alpha value is -0.890. The molecule has 0 aliphatic carbocycles. The van der Waals surface area contributed by atoms with Crippen LogP contribution in [0.5, 0.6) is 0 Å². The topological polar surface area (TPSA) is 112 Å². The quantitative estimate of drug-likeness (QED) is 0.210. The molecule has 0 fully saturated rings. The summed E-state index contributed by atoms with van der Waals surface area (Å²) >= 11 is 0. The number of hydrogen-bond donors (Lipinski definition) is 1. The van der Waals surface area contributed by atoms with E-state index in [-0.39, 0.29) is 0 Å². The van der Waals surface area contributed by atoms with E-state index in [1.807, 2.05) is 0 Å². The highest BCUT2D eigenvalue weighted by atomic mass is 16.6. The lowest BCUT2D eigenvalue weighted by molar-refractivity contribution is -0.000146. The summed E-state index contributed by atoms with van der Waals surface area (Å²) in [6.45, 7) is 5.01. The molecule has 0 aromatic rings. The van der Waals surface area contributed by atoms with Gasteiger partial charge in [0.15, 0.2) is 0 Å². The number of azide groups is 1. The van der Waals surface area contributed by atoms with Gasteiger partial charge in [-0.3, -0.25) is 0 Å². The standard InChI is InChI=1S/C10H22N4O4/c11-1-3-15-5-7-17-9-10-18-8-6-16-4-2-13-14-12/h1-11H2. The van der Waals surface area contributed by atoms with Crippen molar-refractivity contribution in [1.29, 1.82) is 0 Å². The molecule has 0 aromatic heterocycles. The molecule has 0 spiro atoms. The zero-order valence-electron chi connectivity index (χ0n) is 10.6. The molecular formula is C10H22N4O4. The van der Waals surface area contributed by atoms with Crippen molar-refractivity contribution < 1.29 is 18.9 Å². The van der Waals surface area contributed by atoms with Crippen LogP contribution in [-0.4, -0.2) is 65.9 Å². The second-order valence-corrected chi connectivity index (χ2v) is 3.19. The molecule has 106 valence electrons. The van der Waals surface area contributed by atoms with Crippen LogP contribution in [0.3, 0.4) is 0 Å². The lowest BCUT2D eigenvalue weighted by atomic mass is 10.6. The number of ether oxygens (including phenoxy) is 4. The second-order valence-electron chi connectivity index (χ2n) is 3.19. The second kappa shape index (κ2) is 16.1. The average molecular weight is 262 g/mol. The van der Waals surface area contributed by atoms with E-state index in [0.717, 1.165) is 0 Å². The first kappa shape index (κ1) is 17.1. The summed E-state index contributed by atoms with van der Waals surface area (Å²) in [5.74, 6) is 0. The fraction of sp³-hybridized carbons (Fsp3) is 1.00. The summed E-state index contributed by atoms with van der Waals surface area (Å²) in [7, 11) is 0. The van der Waals surface area contributed by atoms with Crippen LogP contribution >= 0.6 is 0 Å². The third-order valence-corrected chi connectivity index (χ3v) is 1.78. The van der Waals surface area contributed by atoms with Crippen LogP contribution in [0.25, 0.3) is 10.4 Å². The molecule has 2 N–H and O–H groups in total. The summed E-state index contributed by atoms with van der Waals surface area (Å²) in [5, 5.41) is 3.34. The largest absolute Gasteiger partial charge is 0.379 e. The van der Waals surface area contributed by atoms with Crippen molar-refractivity contribution in [2.75, 3.05) is 65.9 Å². The fourth-order valence-corrected chi connectivity index (χ4v) is 0.995. The van der Waals surface area contributed by atoms with E-state index < -0.39 is 0 Å². The van der Waals surface area contributed by atoms with Crippen molar-refractivity contribution in [2.45, 2.75) is 0 Å². The molecule has 0 aliphatic rings. The van der Waals surface area contributed by atoms with Gasteiger partial charge in [0.05, 0.1) is 52.9 Å². The SMILES string of the molecule is [N-]=[N+]=NCCOCCOCCOCCOCCN. The Morgan fingerprint density at radius 2 is 1.22 bits per heavy atom. The van der Waals surface area contributed by atoms with Gasteiger partial charge in [-0.15, -0.1) is 0 Å². The Balaban J connectivity index is 2.92. The van der Waals surface area contributed by atoms with Gasteiger partial charge in [0.25, 0.3) is 0 Å². The maximum absolute atomic E-state index is 8.01. The molecule has 0 aromatic carbocycles. The van der Waals surface area contributed by atoms with Gasteiger partial charge in [-0.2, -0.15) is 0 Å². The monoisotopic (exact) mass is 262 g/mol. The van der Waals surface area contributed by atoms with Crippen LogP contribution in [-0.2, 0) is 18.9 Å². The van der Waals surface area contributed by atoms with E-state index in [2.05, 4.69) is 10.0 Å². The van der Waals surface area contributed by atoms with Gasteiger partial charge in [-0.05, 0) is 5.53 Å². The Morgan fingerprint density at radius 1 is 0.778 bits per heavy atom. The first-order valence-electron chi connectivity index (χ1n) is 5.93. The minimum Gasteiger partial charge on any atom is -0.379 e. The van der Waals surface area contributed by atoms with Gasteiger partial charge in [0, 0.05) is 18.0 Å². The molecule has 18 heavy (non-hydrogen) atoms. The average Bonchev–Trinajstić information content (AvgIpc) is 2.39. The summed E-state index contributed by atoms with van der Waals surface area (Å²) < 4.78 is 20.8. The highest BCUT2D eigenvalue weighted by molar-refractivity contribution is 4.44. The zero-order chi connectivity index (χ0) is 13.3. The predicted molar refractivity (Wildman–Crippen MR) is 66.3 cm³/mol. The normalized spacial score (nSPS) is 10.3. The third kappa shape index (κ3) is 15.1. The van der Waals surface area contributed by atoms with E-state index in [0.29, 0.717) is 65.9 Å². The first-order chi connectivity index (χ1) is 8.91. The number of hydrogen-bond acceptors (Lipinski definition) is 6. The number of rotatable bonds is 14. The maximum Gasteiger partial charge on any atom is 0.0701 e. The molecule has 8 nitrogen and oxygen atoms in total. The predicted octanol–water partition coefficient (Wildman–Crippen LogP) is 0.322. The molecule has 0 heterocycles. The molecule has 0 aliphatic heterocycles. The van der Waals surface area contributed by atoms with Crippen molar-refractivity contribution in [3.8, 4) is 0 Å². The van der Waals surface area contributed by atoms with Crippen molar-refractivity contribution in [2.24, 2.45) is 10.8 Å². The maximum atomic E-state index is 8.01. The molecule has 0 amide bonds. The smallest absolute Gasteiger partial charge is 0.0701 e. The minimum atomic E-state index is 0.350. The highest BCUT2D eigenvalue weighted by Gasteiger charge is 1.91. The van der Waals surface area contributed by atoms with Gasteiger partial charge in [-0.25, -0.2) is 0 Å². The lowest BCUT2D eigenvalue weighted by Gasteiger charge is -2.06. The van der Waals surface area contributed by atoms with Gasteiger partial charge in [-0.1, -0.05) is 5.11 Å². The summed E-state index contributed by atoms with van der Waals surface area (Å²) in [6.07, 6.45) is 0. The van der Waals surface area contributed by atoms with Crippen LogP contribution < -0.4 is 5.73 Å². The highest BCUT2D eigenvalue weighted by Crippen LogP contribution is 1.83. The summed E-state index contributed by atoms with van der Waals surface area (Å²) in [4.78, 5) is 2.61.